The third-order valence-electron chi connectivity index (χ3n) is 3.57. The van der Waals surface area contributed by atoms with E-state index in [0.717, 1.165) is 22.2 Å². The van der Waals surface area contributed by atoms with E-state index in [1.54, 1.807) is 16.8 Å². The van der Waals surface area contributed by atoms with Gasteiger partial charge in [-0.05, 0) is 42.0 Å². The van der Waals surface area contributed by atoms with Crippen LogP contribution in [0.1, 0.15) is 21.7 Å². The van der Waals surface area contributed by atoms with E-state index in [0.29, 0.717) is 5.56 Å². The molecule has 21 heavy (non-hydrogen) atoms. The molecule has 0 aliphatic carbocycles. The molecule has 0 saturated heterocycles. The van der Waals surface area contributed by atoms with Gasteiger partial charge >= 0.3 is 0 Å². The first kappa shape index (κ1) is 13.3. The molecule has 1 heterocycles. The Bertz CT molecular complexity index is 824. The second-order valence-corrected chi connectivity index (χ2v) is 5.09. The van der Waals surface area contributed by atoms with Crippen molar-refractivity contribution < 1.29 is 4.79 Å². The minimum Gasteiger partial charge on any atom is -0.289 e. The maximum atomic E-state index is 12.2. The van der Waals surface area contributed by atoms with E-state index in [1.165, 1.54) is 0 Å². The molecule has 0 unspecified atom stereocenters. The molecule has 3 nitrogen and oxygen atoms in total. The van der Waals surface area contributed by atoms with E-state index in [2.05, 4.69) is 5.10 Å². The van der Waals surface area contributed by atoms with Crippen LogP contribution < -0.4 is 0 Å². The molecule has 0 spiro atoms. The molecule has 0 N–H and O–H groups in total. The standard InChI is InChI=1S/C18H16N2O/c1-13-11-17(19-20(13)2)9-10-18(21)16-8-7-14-5-3-4-6-15(14)12-16/h3-12H,1-2H3/b10-9+. The summed E-state index contributed by atoms with van der Waals surface area (Å²) in [7, 11) is 1.89. The molecule has 0 amide bonds. The van der Waals surface area contributed by atoms with Crippen LogP contribution in [0.25, 0.3) is 16.8 Å². The van der Waals surface area contributed by atoms with Crippen LogP contribution in [0.5, 0.6) is 0 Å². The number of aromatic nitrogens is 2. The van der Waals surface area contributed by atoms with Crippen LogP contribution >= 0.6 is 0 Å². The predicted molar refractivity (Wildman–Crippen MR) is 85.3 cm³/mol. The van der Waals surface area contributed by atoms with Gasteiger partial charge in [0.05, 0.1) is 5.69 Å². The van der Waals surface area contributed by atoms with Gasteiger partial charge in [-0.1, -0.05) is 36.4 Å². The summed E-state index contributed by atoms with van der Waals surface area (Å²) in [6, 6.07) is 15.7. The summed E-state index contributed by atoms with van der Waals surface area (Å²) in [5.41, 5.74) is 2.55. The van der Waals surface area contributed by atoms with Gasteiger partial charge in [-0.25, -0.2) is 0 Å². The Kier molecular flexibility index (Phi) is 3.40. The fourth-order valence-electron chi connectivity index (χ4n) is 2.27. The third kappa shape index (κ3) is 2.77. The van der Waals surface area contributed by atoms with Crippen molar-refractivity contribution in [3.8, 4) is 0 Å². The number of benzene rings is 2. The van der Waals surface area contributed by atoms with E-state index < -0.39 is 0 Å². The molecule has 0 aliphatic rings. The lowest BCUT2D eigenvalue weighted by Gasteiger charge is -2.00. The van der Waals surface area contributed by atoms with Gasteiger partial charge in [0.25, 0.3) is 0 Å². The van der Waals surface area contributed by atoms with Gasteiger partial charge in [0.15, 0.2) is 5.78 Å². The van der Waals surface area contributed by atoms with Crippen molar-refractivity contribution in [1.82, 2.24) is 9.78 Å². The van der Waals surface area contributed by atoms with Crippen molar-refractivity contribution in [2.75, 3.05) is 0 Å². The summed E-state index contributed by atoms with van der Waals surface area (Å²) >= 11 is 0. The molecular weight excluding hydrogens is 260 g/mol. The number of carbonyl (C=O) groups is 1. The van der Waals surface area contributed by atoms with Gasteiger partial charge in [-0.15, -0.1) is 0 Å². The molecule has 3 heteroatoms. The normalized spacial score (nSPS) is 11.3. The van der Waals surface area contributed by atoms with Crippen molar-refractivity contribution in [3.63, 3.8) is 0 Å². The summed E-state index contributed by atoms with van der Waals surface area (Å²) in [5.74, 6) is -0.0101. The lowest BCUT2D eigenvalue weighted by molar-refractivity contribution is 0.104. The van der Waals surface area contributed by atoms with Gasteiger partial charge < -0.3 is 0 Å². The maximum Gasteiger partial charge on any atom is 0.185 e. The Morgan fingerprint density at radius 2 is 1.86 bits per heavy atom. The highest BCUT2D eigenvalue weighted by molar-refractivity contribution is 6.08. The summed E-state index contributed by atoms with van der Waals surface area (Å²) in [6.45, 7) is 1.98. The molecule has 0 fully saturated rings. The number of hydrogen-bond acceptors (Lipinski definition) is 2. The monoisotopic (exact) mass is 276 g/mol. The third-order valence-corrected chi connectivity index (χ3v) is 3.57. The summed E-state index contributed by atoms with van der Waals surface area (Å²) < 4.78 is 1.79. The zero-order chi connectivity index (χ0) is 14.8. The highest BCUT2D eigenvalue weighted by Gasteiger charge is 2.04. The minimum atomic E-state index is -0.0101. The Hall–Kier alpha value is -2.68. The van der Waals surface area contributed by atoms with E-state index in [9.17, 15) is 4.79 Å². The molecule has 0 saturated carbocycles. The van der Waals surface area contributed by atoms with Crippen LogP contribution in [0.3, 0.4) is 0 Å². The van der Waals surface area contributed by atoms with Crippen LogP contribution in [0.15, 0.2) is 54.6 Å². The number of nitrogens with zero attached hydrogens (tertiary/aromatic N) is 2. The highest BCUT2D eigenvalue weighted by Crippen LogP contribution is 2.16. The second kappa shape index (κ2) is 5.37. The topological polar surface area (TPSA) is 34.9 Å². The molecule has 2 aromatic carbocycles. The van der Waals surface area contributed by atoms with Crippen molar-refractivity contribution in [1.29, 1.82) is 0 Å². The Morgan fingerprint density at radius 3 is 2.57 bits per heavy atom. The lowest BCUT2D eigenvalue weighted by atomic mass is 10.0. The number of fused-ring (bicyclic) bond motifs is 1. The second-order valence-electron chi connectivity index (χ2n) is 5.09. The smallest absolute Gasteiger partial charge is 0.185 e. The van der Waals surface area contributed by atoms with Crippen molar-refractivity contribution in [2.24, 2.45) is 7.05 Å². The number of ketones is 1. The SMILES string of the molecule is Cc1cc(/C=C/C(=O)c2ccc3ccccc3c2)nn1C. The molecule has 3 aromatic rings. The van der Waals surface area contributed by atoms with Crippen LogP contribution in [0.4, 0.5) is 0 Å². The zero-order valence-electron chi connectivity index (χ0n) is 12.1. The number of allylic oxidation sites excluding steroid dienone is 1. The first-order valence-corrected chi connectivity index (χ1v) is 6.85. The molecule has 1 aromatic heterocycles. The Labute approximate surface area is 123 Å². The lowest BCUT2D eigenvalue weighted by Crippen LogP contribution is -1.94. The quantitative estimate of drug-likeness (QED) is 0.539. The summed E-state index contributed by atoms with van der Waals surface area (Å²) in [5, 5.41) is 6.52. The first-order valence-electron chi connectivity index (χ1n) is 6.85. The van der Waals surface area contributed by atoms with Crippen molar-refractivity contribution in [3.05, 3.63) is 71.6 Å². The van der Waals surface area contributed by atoms with Crippen LogP contribution in [0, 0.1) is 6.92 Å². The number of hydrogen-bond donors (Lipinski definition) is 0. The average molecular weight is 276 g/mol. The van der Waals surface area contributed by atoms with Gasteiger partial charge in [-0.3, -0.25) is 9.48 Å². The van der Waals surface area contributed by atoms with E-state index >= 15 is 0 Å². The summed E-state index contributed by atoms with van der Waals surface area (Å²) in [4.78, 5) is 12.2. The van der Waals surface area contributed by atoms with Crippen molar-refractivity contribution >= 4 is 22.6 Å². The molecule has 0 radical (unpaired) electrons. The zero-order valence-corrected chi connectivity index (χ0v) is 12.1. The number of carbonyl (C=O) groups excluding carboxylic acids is 1. The molecule has 0 bridgehead atoms. The number of aryl methyl sites for hydroxylation is 2. The summed E-state index contributed by atoms with van der Waals surface area (Å²) in [6.07, 6.45) is 3.33. The molecule has 0 atom stereocenters. The number of rotatable bonds is 3. The molecule has 0 aliphatic heterocycles. The largest absolute Gasteiger partial charge is 0.289 e. The van der Waals surface area contributed by atoms with E-state index in [-0.39, 0.29) is 5.78 Å². The van der Waals surface area contributed by atoms with E-state index in [1.807, 2.05) is 62.5 Å². The molecule has 3 rings (SSSR count). The minimum absolute atomic E-state index is 0.0101. The van der Waals surface area contributed by atoms with Crippen molar-refractivity contribution in [2.45, 2.75) is 6.92 Å². The fourth-order valence-corrected chi connectivity index (χ4v) is 2.27. The van der Waals surface area contributed by atoms with Gasteiger partial charge in [-0.2, -0.15) is 5.10 Å². The fraction of sp³-hybridized carbons (Fsp3) is 0.111. The highest BCUT2D eigenvalue weighted by atomic mass is 16.1. The molecular formula is C18H16N2O. The Balaban J connectivity index is 1.86. The van der Waals surface area contributed by atoms with Crippen LogP contribution in [-0.4, -0.2) is 15.6 Å². The van der Waals surface area contributed by atoms with Gasteiger partial charge in [0.2, 0.25) is 0 Å². The van der Waals surface area contributed by atoms with Gasteiger partial charge in [0, 0.05) is 18.3 Å². The predicted octanol–water partition coefficient (Wildman–Crippen LogP) is 3.78. The first-order chi connectivity index (χ1) is 10.1. The maximum absolute atomic E-state index is 12.2. The van der Waals surface area contributed by atoms with Gasteiger partial charge in [0.1, 0.15) is 0 Å². The Morgan fingerprint density at radius 1 is 1.10 bits per heavy atom. The van der Waals surface area contributed by atoms with Crippen LogP contribution in [-0.2, 0) is 7.05 Å². The average Bonchev–Trinajstić information content (AvgIpc) is 2.83. The van der Waals surface area contributed by atoms with Crippen LogP contribution in [0.2, 0.25) is 0 Å². The van der Waals surface area contributed by atoms with E-state index in [4.69, 9.17) is 0 Å². The molecule has 104 valence electrons.